The van der Waals surface area contributed by atoms with E-state index >= 15 is 0 Å². The van der Waals surface area contributed by atoms with Gasteiger partial charge in [-0.2, -0.15) is 0 Å². The number of fused-ring (bicyclic) bond motifs is 1. The van der Waals surface area contributed by atoms with Gasteiger partial charge in [0.1, 0.15) is 5.75 Å². The average molecular weight is 293 g/mol. The Kier molecular flexibility index (Phi) is 3.25. The number of ketones is 1. The number of rotatable bonds is 1. The van der Waals surface area contributed by atoms with Crippen LogP contribution in [0.3, 0.4) is 0 Å². The molecule has 0 aromatic heterocycles. The lowest BCUT2D eigenvalue weighted by Crippen LogP contribution is -2.15. The Balaban J connectivity index is 2.13. The van der Waals surface area contributed by atoms with Crippen molar-refractivity contribution in [2.75, 3.05) is 6.61 Å². The molecule has 3 nitrogen and oxygen atoms in total. The highest BCUT2D eigenvalue weighted by atomic mass is 35.5. The summed E-state index contributed by atoms with van der Waals surface area (Å²) >= 11 is 6.52. The number of carbonyl (C=O) groups is 1. The molecule has 1 aliphatic carbocycles. The van der Waals surface area contributed by atoms with Gasteiger partial charge in [-0.25, -0.2) is 0 Å². The van der Waals surface area contributed by atoms with Crippen molar-refractivity contribution < 1.29 is 14.6 Å². The summed E-state index contributed by atoms with van der Waals surface area (Å²) in [5, 5.41) is 10.3. The summed E-state index contributed by atoms with van der Waals surface area (Å²) < 4.78 is 5.66. The molecule has 0 radical (unpaired) electrons. The number of hydrogen-bond donors (Lipinski definition) is 1. The molecule has 1 atom stereocenters. The van der Waals surface area contributed by atoms with Crippen LogP contribution in [0.25, 0.3) is 0 Å². The van der Waals surface area contributed by atoms with Gasteiger partial charge >= 0.3 is 0 Å². The van der Waals surface area contributed by atoms with E-state index in [0.29, 0.717) is 24.5 Å². The Morgan fingerprint density at radius 1 is 1.30 bits per heavy atom. The predicted molar refractivity (Wildman–Crippen MR) is 77.8 cm³/mol. The molecule has 0 saturated heterocycles. The normalized spacial score (nSPS) is 21.4. The van der Waals surface area contributed by atoms with Crippen LogP contribution in [-0.2, 0) is 11.2 Å². The summed E-state index contributed by atoms with van der Waals surface area (Å²) in [7, 11) is 0. The molecule has 1 aliphatic heterocycles. The topological polar surface area (TPSA) is 46.5 Å². The Bertz CT molecular complexity index is 631. The predicted octanol–water partition coefficient (Wildman–Crippen LogP) is 3.78. The summed E-state index contributed by atoms with van der Waals surface area (Å²) in [6.45, 7) is 4.77. The van der Waals surface area contributed by atoms with E-state index in [9.17, 15) is 9.90 Å². The van der Waals surface area contributed by atoms with E-state index in [1.807, 2.05) is 6.92 Å². The largest absolute Gasteiger partial charge is 0.512 e. The fourth-order valence-electron chi connectivity index (χ4n) is 3.29. The third-order valence-corrected chi connectivity index (χ3v) is 4.74. The summed E-state index contributed by atoms with van der Waals surface area (Å²) in [4.78, 5) is 11.7. The minimum Gasteiger partial charge on any atom is -0.512 e. The maximum absolute atomic E-state index is 11.7. The first kappa shape index (κ1) is 13.5. The molecule has 0 saturated carbocycles. The van der Waals surface area contributed by atoms with Crippen LogP contribution in [0, 0.1) is 13.8 Å². The second-order valence-corrected chi connectivity index (χ2v) is 5.97. The van der Waals surface area contributed by atoms with Crippen molar-refractivity contribution in [1.29, 1.82) is 0 Å². The second kappa shape index (κ2) is 4.81. The zero-order valence-corrected chi connectivity index (χ0v) is 12.4. The molecule has 1 heterocycles. The van der Waals surface area contributed by atoms with Gasteiger partial charge in [-0.15, -0.1) is 0 Å². The lowest BCUT2D eigenvalue weighted by atomic mass is 9.81. The molecular weight excluding hydrogens is 276 g/mol. The molecule has 1 unspecified atom stereocenters. The number of ether oxygens (including phenoxy) is 1. The van der Waals surface area contributed by atoms with Gasteiger partial charge in [-0.05, 0) is 36.5 Å². The Morgan fingerprint density at radius 3 is 2.75 bits per heavy atom. The second-order valence-electron chi connectivity index (χ2n) is 5.59. The molecule has 20 heavy (non-hydrogen) atoms. The van der Waals surface area contributed by atoms with E-state index in [-0.39, 0.29) is 17.5 Å². The lowest BCUT2D eigenvalue weighted by molar-refractivity contribution is -0.115. The van der Waals surface area contributed by atoms with E-state index in [4.69, 9.17) is 16.3 Å². The first-order chi connectivity index (χ1) is 9.49. The van der Waals surface area contributed by atoms with Gasteiger partial charge in [-0.3, -0.25) is 4.79 Å². The van der Waals surface area contributed by atoms with Gasteiger partial charge in [0, 0.05) is 30.9 Å². The molecule has 2 aliphatic rings. The first-order valence-electron chi connectivity index (χ1n) is 6.85. The van der Waals surface area contributed by atoms with Crippen molar-refractivity contribution in [1.82, 2.24) is 0 Å². The minimum atomic E-state index is -0.0619. The highest BCUT2D eigenvalue weighted by Crippen LogP contribution is 2.46. The number of carbonyl (C=O) groups excluding carboxylic acids is 1. The molecule has 1 aromatic carbocycles. The average Bonchev–Trinajstić information content (AvgIpc) is 2.85. The fraction of sp³-hybridized carbons (Fsp3) is 0.438. The molecule has 4 heteroatoms. The van der Waals surface area contributed by atoms with Crippen molar-refractivity contribution in [3.8, 4) is 5.75 Å². The van der Waals surface area contributed by atoms with Crippen LogP contribution >= 0.6 is 11.6 Å². The molecular formula is C16H17ClO3. The van der Waals surface area contributed by atoms with E-state index in [0.717, 1.165) is 23.3 Å². The van der Waals surface area contributed by atoms with Crippen LogP contribution in [0.5, 0.6) is 5.75 Å². The number of aliphatic hydroxyl groups excluding tert-OH is 1. The number of halogens is 1. The van der Waals surface area contributed by atoms with E-state index < -0.39 is 0 Å². The van der Waals surface area contributed by atoms with Crippen LogP contribution in [0.15, 0.2) is 11.8 Å². The summed E-state index contributed by atoms with van der Waals surface area (Å²) in [5.41, 5.74) is 4.45. The number of benzene rings is 1. The van der Waals surface area contributed by atoms with Gasteiger partial charge in [0.15, 0.2) is 5.78 Å². The van der Waals surface area contributed by atoms with Crippen molar-refractivity contribution in [3.63, 3.8) is 0 Å². The van der Waals surface area contributed by atoms with Gasteiger partial charge in [0.2, 0.25) is 0 Å². The van der Waals surface area contributed by atoms with Crippen LogP contribution in [-0.4, -0.2) is 17.5 Å². The van der Waals surface area contributed by atoms with Crippen LogP contribution < -0.4 is 4.74 Å². The molecule has 1 aromatic rings. The fourth-order valence-corrected chi connectivity index (χ4v) is 3.75. The standard InChI is InChI=1S/C16H17ClO3/c1-8-9(2)14(10-5-11(18)7-12(19)6-10)15(17)16-13(8)3-4-20-16/h7,10,18H,3-6H2,1-2H3. The highest BCUT2D eigenvalue weighted by Gasteiger charge is 2.30. The summed E-state index contributed by atoms with van der Waals surface area (Å²) in [5.74, 6) is 0.800. The maximum Gasteiger partial charge on any atom is 0.159 e. The number of allylic oxidation sites excluding steroid dienone is 2. The summed E-state index contributed by atoms with van der Waals surface area (Å²) in [6, 6.07) is 0. The molecule has 0 amide bonds. The maximum atomic E-state index is 11.7. The van der Waals surface area contributed by atoms with Crippen molar-refractivity contribution >= 4 is 17.4 Å². The first-order valence-corrected chi connectivity index (χ1v) is 7.23. The molecule has 0 bridgehead atoms. The molecule has 0 spiro atoms. The van der Waals surface area contributed by atoms with Gasteiger partial charge in [-0.1, -0.05) is 11.6 Å². The monoisotopic (exact) mass is 292 g/mol. The van der Waals surface area contributed by atoms with E-state index in [2.05, 4.69) is 6.92 Å². The van der Waals surface area contributed by atoms with Crippen molar-refractivity contribution in [2.45, 2.75) is 39.0 Å². The van der Waals surface area contributed by atoms with E-state index in [1.54, 1.807) is 0 Å². The lowest BCUT2D eigenvalue weighted by Gasteiger charge is -2.25. The van der Waals surface area contributed by atoms with Crippen molar-refractivity contribution in [3.05, 3.63) is 39.1 Å². The molecule has 3 rings (SSSR count). The van der Waals surface area contributed by atoms with Gasteiger partial charge < -0.3 is 9.84 Å². The van der Waals surface area contributed by atoms with Crippen LogP contribution in [0.4, 0.5) is 0 Å². The highest BCUT2D eigenvalue weighted by molar-refractivity contribution is 6.33. The van der Waals surface area contributed by atoms with Gasteiger partial charge in [0.05, 0.1) is 17.4 Å². The summed E-state index contributed by atoms with van der Waals surface area (Å²) in [6.07, 6.45) is 3.06. The molecule has 1 N–H and O–H groups in total. The Hall–Kier alpha value is -1.48. The zero-order valence-electron chi connectivity index (χ0n) is 11.6. The zero-order chi connectivity index (χ0) is 14.4. The van der Waals surface area contributed by atoms with E-state index in [1.165, 1.54) is 17.2 Å². The molecule has 0 fully saturated rings. The smallest absolute Gasteiger partial charge is 0.159 e. The third-order valence-electron chi connectivity index (χ3n) is 4.37. The number of hydrogen-bond acceptors (Lipinski definition) is 3. The van der Waals surface area contributed by atoms with Gasteiger partial charge in [0.25, 0.3) is 0 Å². The third kappa shape index (κ3) is 2.01. The van der Waals surface area contributed by atoms with Crippen LogP contribution in [0.1, 0.15) is 41.0 Å². The minimum absolute atomic E-state index is 0.0479. The van der Waals surface area contributed by atoms with Crippen LogP contribution in [0.2, 0.25) is 5.02 Å². The Morgan fingerprint density at radius 2 is 2.05 bits per heavy atom. The Labute approximate surface area is 123 Å². The number of aliphatic hydroxyl groups is 1. The molecule has 106 valence electrons. The SMILES string of the molecule is Cc1c(C)c(C2CC(=O)C=C(O)C2)c(Cl)c2c1CCO2. The quantitative estimate of drug-likeness (QED) is 0.857. The van der Waals surface area contributed by atoms with Crippen molar-refractivity contribution in [2.24, 2.45) is 0 Å².